The van der Waals surface area contributed by atoms with E-state index in [4.69, 9.17) is 4.74 Å². The number of carbonyl (C=O) groups is 2. The van der Waals surface area contributed by atoms with Crippen molar-refractivity contribution in [3.8, 4) is 0 Å². The van der Waals surface area contributed by atoms with Crippen molar-refractivity contribution < 1.29 is 14.3 Å². The Bertz CT molecular complexity index is 1180. The number of hydrogen-bond acceptors (Lipinski definition) is 3. The SMILES string of the molecule is CCOC(=O)C1CCCN(C(=O)Nc2c(C)cc3c(c2C)c2ccccc2n3C(C)C)C1. The first-order chi connectivity index (χ1) is 15.3. The Morgan fingerprint density at radius 1 is 1.19 bits per heavy atom. The van der Waals surface area contributed by atoms with Gasteiger partial charge in [0.25, 0.3) is 0 Å². The number of anilines is 1. The number of benzene rings is 2. The molecule has 1 saturated heterocycles. The molecule has 4 rings (SSSR count). The normalized spacial score (nSPS) is 16.7. The number of urea groups is 1. The van der Waals surface area contributed by atoms with Crippen LogP contribution in [0.2, 0.25) is 0 Å². The van der Waals surface area contributed by atoms with Gasteiger partial charge in [-0.15, -0.1) is 0 Å². The van der Waals surface area contributed by atoms with Crippen molar-refractivity contribution in [2.75, 3.05) is 25.0 Å². The highest BCUT2D eigenvalue weighted by Crippen LogP contribution is 2.38. The molecule has 3 aromatic rings. The van der Waals surface area contributed by atoms with Crippen LogP contribution in [0.3, 0.4) is 0 Å². The van der Waals surface area contributed by atoms with Crippen LogP contribution in [-0.4, -0.2) is 41.2 Å². The minimum Gasteiger partial charge on any atom is -0.466 e. The van der Waals surface area contributed by atoms with Crippen molar-refractivity contribution in [1.29, 1.82) is 0 Å². The third-order valence-electron chi connectivity index (χ3n) is 6.52. The lowest BCUT2D eigenvalue weighted by Gasteiger charge is -2.32. The molecular weight excluding hydrogens is 402 g/mol. The third kappa shape index (κ3) is 3.83. The molecule has 1 atom stereocenters. The molecule has 6 nitrogen and oxygen atoms in total. The second kappa shape index (κ2) is 8.85. The van der Waals surface area contributed by atoms with Crippen molar-refractivity contribution in [3.63, 3.8) is 0 Å². The first-order valence-electron chi connectivity index (χ1n) is 11.6. The smallest absolute Gasteiger partial charge is 0.321 e. The number of fused-ring (bicyclic) bond motifs is 3. The molecule has 170 valence electrons. The van der Waals surface area contributed by atoms with Crippen LogP contribution >= 0.6 is 0 Å². The second-order valence-electron chi connectivity index (χ2n) is 9.04. The summed E-state index contributed by atoms with van der Waals surface area (Å²) in [6.07, 6.45) is 1.57. The van der Waals surface area contributed by atoms with Crippen LogP contribution in [0, 0.1) is 19.8 Å². The van der Waals surface area contributed by atoms with E-state index in [-0.39, 0.29) is 17.9 Å². The summed E-state index contributed by atoms with van der Waals surface area (Å²) in [7, 11) is 0. The molecule has 1 N–H and O–H groups in total. The standard InChI is InChI=1S/C26H33N3O3/c1-6-32-25(30)19-10-9-13-28(15-19)26(31)27-24-17(4)14-22-23(18(24)5)20-11-7-8-12-21(20)29(22)16(2)3/h7-8,11-12,14,16,19H,6,9-10,13,15H2,1-5H3,(H,27,31). The lowest BCUT2D eigenvalue weighted by atomic mass is 9.98. The molecule has 2 heterocycles. The molecule has 1 fully saturated rings. The van der Waals surface area contributed by atoms with Crippen molar-refractivity contribution in [2.45, 2.75) is 53.5 Å². The van der Waals surface area contributed by atoms with Crippen molar-refractivity contribution >= 4 is 39.5 Å². The highest BCUT2D eigenvalue weighted by Gasteiger charge is 2.30. The van der Waals surface area contributed by atoms with Crippen LogP contribution in [0.4, 0.5) is 10.5 Å². The third-order valence-corrected chi connectivity index (χ3v) is 6.52. The van der Waals surface area contributed by atoms with Crippen LogP contribution in [0.25, 0.3) is 21.8 Å². The number of para-hydroxylation sites is 1. The molecule has 0 radical (unpaired) electrons. The number of esters is 1. The van der Waals surface area contributed by atoms with Gasteiger partial charge < -0.3 is 19.5 Å². The average Bonchev–Trinajstić information content (AvgIpc) is 3.11. The minimum absolute atomic E-state index is 0.155. The zero-order valence-corrected chi connectivity index (χ0v) is 19.7. The second-order valence-corrected chi connectivity index (χ2v) is 9.04. The number of nitrogens with one attached hydrogen (secondary N) is 1. The van der Waals surface area contributed by atoms with E-state index in [1.165, 1.54) is 21.8 Å². The monoisotopic (exact) mass is 435 g/mol. The number of nitrogens with zero attached hydrogens (tertiary/aromatic N) is 2. The zero-order chi connectivity index (χ0) is 23.0. The summed E-state index contributed by atoms with van der Waals surface area (Å²) in [6.45, 7) is 11.7. The zero-order valence-electron chi connectivity index (χ0n) is 19.7. The van der Waals surface area contributed by atoms with Crippen molar-refractivity contribution in [1.82, 2.24) is 9.47 Å². The van der Waals surface area contributed by atoms with Gasteiger partial charge in [0.1, 0.15) is 0 Å². The summed E-state index contributed by atoms with van der Waals surface area (Å²) in [5, 5.41) is 5.54. The molecule has 2 amide bonds. The Kier molecular flexibility index (Phi) is 6.13. The van der Waals surface area contributed by atoms with Gasteiger partial charge in [-0.1, -0.05) is 18.2 Å². The maximum absolute atomic E-state index is 13.2. The molecular formula is C26H33N3O3. The molecule has 1 aromatic heterocycles. The van der Waals surface area contributed by atoms with Crippen LogP contribution < -0.4 is 5.32 Å². The molecule has 2 aromatic carbocycles. The minimum atomic E-state index is -0.247. The van der Waals surface area contributed by atoms with Crippen LogP contribution in [0.5, 0.6) is 0 Å². The summed E-state index contributed by atoms with van der Waals surface area (Å²) in [6, 6.07) is 10.8. The fourth-order valence-corrected chi connectivity index (χ4v) is 5.07. The molecule has 0 spiro atoms. The predicted molar refractivity (Wildman–Crippen MR) is 129 cm³/mol. The molecule has 32 heavy (non-hydrogen) atoms. The fourth-order valence-electron chi connectivity index (χ4n) is 5.07. The van der Waals surface area contributed by atoms with Gasteiger partial charge in [0, 0.05) is 41.1 Å². The summed E-state index contributed by atoms with van der Waals surface area (Å²) in [5.41, 5.74) is 5.36. The number of aryl methyl sites for hydroxylation is 2. The van der Waals surface area contributed by atoms with Gasteiger partial charge in [0.05, 0.1) is 18.0 Å². The Hall–Kier alpha value is -3.02. The number of hydrogen-bond donors (Lipinski definition) is 1. The van der Waals surface area contributed by atoms with Gasteiger partial charge in [-0.2, -0.15) is 0 Å². The maximum Gasteiger partial charge on any atom is 0.321 e. The van der Waals surface area contributed by atoms with Crippen LogP contribution in [-0.2, 0) is 9.53 Å². The summed E-state index contributed by atoms with van der Waals surface area (Å²) in [5.74, 6) is -0.455. The number of aromatic nitrogens is 1. The molecule has 1 aliphatic rings. The summed E-state index contributed by atoms with van der Waals surface area (Å²) >= 11 is 0. The molecule has 1 unspecified atom stereocenters. The van der Waals surface area contributed by atoms with Gasteiger partial charge in [-0.25, -0.2) is 4.79 Å². The number of amides is 2. The molecule has 1 aliphatic heterocycles. The number of rotatable bonds is 4. The number of carbonyl (C=O) groups excluding carboxylic acids is 2. The van der Waals surface area contributed by atoms with Crippen molar-refractivity contribution in [2.24, 2.45) is 5.92 Å². The maximum atomic E-state index is 13.2. The van der Waals surface area contributed by atoms with Gasteiger partial charge in [-0.3, -0.25) is 4.79 Å². The lowest BCUT2D eigenvalue weighted by molar-refractivity contribution is -0.149. The van der Waals surface area contributed by atoms with Gasteiger partial charge in [-0.05, 0) is 70.7 Å². The predicted octanol–water partition coefficient (Wildman–Crippen LogP) is 5.80. The van der Waals surface area contributed by atoms with Gasteiger partial charge in [0.15, 0.2) is 0 Å². The fraction of sp³-hybridized carbons (Fsp3) is 0.462. The van der Waals surface area contributed by atoms with Gasteiger partial charge >= 0.3 is 12.0 Å². The largest absolute Gasteiger partial charge is 0.466 e. The van der Waals surface area contributed by atoms with E-state index in [9.17, 15) is 9.59 Å². The van der Waals surface area contributed by atoms with E-state index in [0.717, 1.165) is 29.7 Å². The summed E-state index contributed by atoms with van der Waals surface area (Å²) in [4.78, 5) is 27.1. The van der Waals surface area contributed by atoms with E-state index in [1.54, 1.807) is 4.90 Å². The van der Waals surface area contributed by atoms with E-state index in [0.29, 0.717) is 25.7 Å². The quantitative estimate of drug-likeness (QED) is 0.527. The highest BCUT2D eigenvalue weighted by molar-refractivity contribution is 6.12. The van der Waals surface area contributed by atoms with Gasteiger partial charge in [0.2, 0.25) is 0 Å². The molecule has 0 saturated carbocycles. The lowest BCUT2D eigenvalue weighted by Crippen LogP contribution is -2.44. The first kappa shape index (κ1) is 22.2. The Labute approximate surface area is 189 Å². The van der Waals surface area contributed by atoms with E-state index in [1.807, 2.05) is 13.8 Å². The molecule has 0 bridgehead atoms. The number of likely N-dealkylation sites (tertiary alicyclic amines) is 1. The Morgan fingerprint density at radius 3 is 2.66 bits per heavy atom. The van der Waals surface area contributed by atoms with E-state index >= 15 is 0 Å². The van der Waals surface area contributed by atoms with E-state index in [2.05, 4.69) is 61.0 Å². The van der Waals surface area contributed by atoms with Crippen LogP contribution in [0.15, 0.2) is 30.3 Å². The van der Waals surface area contributed by atoms with Crippen LogP contribution in [0.1, 0.15) is 50.8 Å². The topological polar surface area (TPSA) is 63.6 Å². The Morgan fingerprint density at radius 2 is 1.94 bits per heavy atom. The highest BCUT2D eigenvalue weighted by atomic mass is 16.5. The molecule has 0 aliphatic carbocycles. The van der Waals surface area contributed by atoms with E-state index < -0.39 is 0 Å². The number of piperidine rings is 1. The molecule has 6 heteroatoms. The first-order valence-corrected chi connectivity index (χ1v) is 11.6. The summed E-state index contributed by atoms with van der Waals surface area (Å²) < 4.78 is 7.54. The average molecular weight is 436 g/mol. The van der Waals surface area contributed by atoms with Crippen molar-refractivity contribution in [3.05, 3.63) is 41.5 Å². The number of ether oxygens (including phenoxy) is 1. The Balaban J connectivity index is 1.69.